The predicted octanol–water partition coefficient (Wildman–Crippen LogP) is 2.52. The van der Waals surface area contributed by atoms with E-state index >= 15 is 0 Å². The molecule has 1 amide bonds. The molecular formula is C19H30N2O2. The van der Waals surface area contributed by atoms with Crippen LogP contribution in [0.15, 0.2) is 30.3 Å². The first-order chi connectivity index (χ1) is 11.0. The Balaban J connectivity index is 1.87. The van der Waals surface area contributed by atoms with Crippen LogP contribution in [0.25, 0.3) is 0 Å². The van der Waals surface area contributed by atoms with Crippen molar-refractivity contribution in [1.82, 2.24) is 9.80 Å². The molecule has 4 nitrogen and oxygen atoms in total. The van der Waals surface area contributed by atoms with E-state index in [0.29, 0.717) is 12.5 Å². The maximum Gasteiger partial charge on any atom is 0.239 e. The van der Waals surface area contributed by atoms with Crippen LogP contribution in [0.5, 0.6) is 0 Å². The lowest BCUT2D eigenvalue weighted by Crippen LogP contribution is -2.47. The highest BCUT2D eigenvalue weighted by atomic mass is 16.3. The molecule has 0 spiro atoms. The minimum absolute atomic E-state index is 0.127. The summed E-state index contributed by atoms with van der Waals surface area (Å²) in [6, 6.07) is 9.88. The molecule has 1 N–H and O–H groups in total. The van der Waals surface area contributed by atoms with Gasteiger partial charge in [-0.1, -0.05) is 43.2 Å². The van der Waals surface area contributed by atoms with Crippen LogP contribution in [0.2, 0.25) is 0 Å². The number of aliphatic hydroxyl groups is 1. The van der Waals surface area contributed by atoms with E-state index in [4.69, 9.17) is 0 Å². The smallest absolute Gasteiger partial charge is 0.239 e. The van der Waals surface area contributed by atoms with E-state index in [1.54, 1.807) is 4.90 Å². The Kier molecular flexibility index (Phi) is 6.60. The van der Waals surface area contributed by atoms with Gasteiger partial charge >= 0.3 is 0 Å². The topological polar surface area (TPSA) is 43.8 Å². The van der Waals surface area contributed by atoms with Crippen LogP contribution >= 0.6 is 0 Å². The molecule has 3 atom stereocenters. The second-order valence-electron chi connectivity index (χ2n) is 6.91. The normalized spacial score (nSPS) is 22.8. The summed E-state index contributed by atoms with van der Waals surface area (Å²) in [5, 5.41) is 10.1. The number of likely N-dealkylation sites (N-methyl/N-ethyl adjacent to an activating group) is 2. The average Bonchev–Trinajstić information content (AvgIpc) is 2.56. The van der Waals surface area contributed by atoms with Gasteiger partial charge in [0.15, 0.2) is 0 Å². The van der Waals surface area contributed by atoms with Crippen LogP contribution in [0.3, 0.4) is 0 Å². The second kappa shape index (κ2) is 8.46. The lowest BCUT2D eigenvalue weighted by Gasteiger charge is -2.34. The Hall–Kier alpha value is -1.39. The maximum absolute atomic E-state index is 12.6. The summed E-state index contributed by atoms with van der Waals surface area (Å²) in [5.41, 5.74) is 1.14. The van der Waals surface area contributed by atoms with Crippen LogP contribution in [0, 0.1) is 5.92 Å². The van der Waals surface area contributed by atoms with Gasteiger partial charge < -0.3 is 10.0 Å². The van der Waals surface area contributed by atoms with Crippen LogP contribution in [0.1, 0.15) is 38.2 Å². The molecule has 0 aromatic heterocycles. The van der Waals surface area contributed by atoms with Crippen molar-refractivity contribution in [1.29, 1.82) is 0 Å². The molecule has 23 heavy (non-hydrogen) atoms. The van der Waals surface area contributed by atoms with Crippen LogP contribution in [0.4, 0.5) is 0 Å². The number of rotatable bonds is 6. The molecule has 0 bridgehead atoms. The summed E-state index contributed by atoms with van der Waals surface area (Å²) in [4.78, 5) is 16.5. The van der Waals surface area contributed by atoms with E-state index in [-0.39, 0.29) is 18.1 Å². The summed E-state index contributed by atoms with van der Waals surface area (Å²) in [7, 11) is 3.84. The van der Waals surface area contributed by atoms with E-state index in [1.165, 1.54) is 6.42 Å². The fraction of sp³-hybridized carbons (Fsp3) is 0.632. The van der Waals surface area contributed by atoms with Crippen molar-refractivity contribution >= 4 is 5.91 Å². The van der Waals surface area contributed by atoms with Gasteiger partial charge in [-0.25, -0.2) is 0 Å². The van der Waals surface area contributed by atoms with Crippen molar-refractivity contribution in [2.24, 2.45) is 5.92 Å². The van der Waals surface area contributed by atoms with Crippen molar-refractivity contribution in [3.8, 4) is 0 Å². The molecule has 1 saturated carbocycles. The van der Waals surface area contributed by atoms with Crippen LogP contribution in [-0.2, 0) is 11.3 Å². The first-order valence-electron chi connectivity index (χ1n) is 8.66. The molecule has 3 unspecified atom stereocenters. The van der Waals surface area contributed by atoms with Gasteiger partial charge in [0.2, 0.25) is 5.91 Å². The van der Waals surface area contributed by atoms with E-state index in [0.717, 1.165) is 31.4 Å². The van der Waals surface area contributed by atoms with Gasteiger partial charge in [-0.2, -0.15) is 0 Å². The summed E-state index contributed by atoms with van der Waals surface area (Å²) < 4.78 is 0. The number of carbonyl (C=O) groups is 1. The molecule has 1 aromatic carbocycles. The van der Waals surface area contributed by atoms with E-state index in [9.17, 15) is 9.90 Å². The molecule has 0 heterocycles. The Morgan fingerprint density at radius 1 is 1.22 bits per heavy atom. The zero-order valence-electron chi connectivity index (χ0n) is 14.6. The lowest BCUT2D eigenvalue weighted by molar-refractivity contribution is -0.135. The highest BCUT2D eigenvalue weighted by Crippen LogP contribution is 2.25. The van der Waals surface area contributed by atoms with Crippen LogP contribution < -0.4 is 0 Å². The van der Waals surface area contributed by atoms with Crippen LogP contribution in [-0.4, -0.2) is 53.6 Å². The standard InChI is InChI=1S/C19H30N2O2/c1-15(20(2)14-17-11-7-8-12-18(17)22)19(23)21(3)13-16-9-5-4-6-10-16/h4-6,9-10,15,17-18,22H,7-8,11-14H2,1-3H3. The summed E-state index contributed by atoms with van der Waals surface area (Å²) >= 11 is 0. The van der Waals surface area contributed by atoms with Gasteiger partial charge in [0.25, 0.3) is 0 Å². The lowest BCUT2D eigenvalue weighted by atomic mass is 9.86. The van der Waals surface area contributed by atoms with Crippen molar-refractivity contribution < 1.29 is 9.90 Å². The third kappa shape index (κ3) is 5.05. The molecular weight excluding hydrogens is 288 g/mol. The van der Waals surface area contributed by atoms with E-state index in [2.05, 4.69) is 4.90 Å². The molecule has 2 rings (SSSR count). The van der Waals surface area contributed by atoms with Gasteiger partial charge in [-0.15, -0.1) is 0 Å². The average molecular weight is 318 g/mol. The molecule has 0 saturated heterocycles. The number of hydrogen-bond donors (Lipinski definition) is 1. The minimum Gasteiger partial charge on any atom is -0.393 e. The third-order valence-electron chi connectivity index (χ3n) is 5.05. The van der Waals surface area contributed by atoms with E-state index in [1.807, 2.05) is 51.4 Å². The molecule has 1 fully saturated rings. The molecule has 0 aliphatic heterocycles. The summed E-state index contributed by atoms with van der Waals surface area (Å²) in [5.74, 6) is 0.421. The number of amides is 1. The predicted molar refractivity (Wildman–Crippen MR) is 93.0 cm³/mol. The quantitative estimate of drug-likeness (QED) is 0.876. The Morgan fingerprint density at radius 2 is 1.87 bits per heavy atom. The Bertz CT molecular complexity index is 491. The summed E-state index contributed by atoms with van der Waals surface area (Å²) in [6.07, 6.45) is 4.05. The molecule has 1 aliphatic carbocycles. The zero-order valence-corrected chi connectivity index (χ0v) is 14.6. The van der Waals surface area contributed by atoms with Crippen molar-refractivity contribution in [2.75, 3.05) is 20.6 Å². The summed E-state index contributed by atoms with van der Waals surface area (Å²) in [6.45, 7) is 3.37. The van der Waals surface area contributed by atoms with Gasteiger partial charge in [0.1, 0.15) is 0 Å². The fourth-order valence-electron chi connectivity index (χ4n) is 3.37. The third-order valence-corrected chi connectivity index (χ3v) is 5.05. The maximum atomic E-state index is 12.6. The monoisotopic (exact) mass is 318 g/mol. The van der Waals surface area contributed by atoms with Crippen molar-refractivity contribution in [2.45, 2.75) is 51.3 Å². The SMILES string of the molecule is CC(C(=O)N(C)Cc1ccccc1)N(C)CC1CCCCC1O. The molecule has 4 heteroatoms. The minimum atomic E-state index is -0.212. The number of benzene rings is 1. The van der Waals surface area contributed by atoms with Gasteiger partial charge in [-0.05, 0) is 38.3 Å². The first kappa shape index (κ1) is 18.0. The van der Waals surface area contributed by atoms with Gasteiger partial charge in [0.05, 0.1) is 12.1 Å². The number of hydrogen-bond acceptors (Lipinski definition) is 3. The number of carbonyl (C=O) groups excluding carboxylic acids is 1. The Morgan fingerprint density at radius 3 is 2.52 bits per heavy atom. The van der Waals surface area contributed by atoms with E-state index < -0.39 is 0 Å². The fourth-order valence-corrected chi connectivity index (χ4v) is 3.37. The van der Waals surface area contributed by atoms with Gasteiger partial charge in [0, 0.05) is 20.1 Å². The first-order valence-corrected chi connectivity index (χ1v) is 8.66. The number of aliphatic hydroxyl groups excluding tert-OH is 1. The second-order valence-corrected chi connectivity index (χ2v) is 6.91. The molecule has 1 aliphatic rings. The van der Waals surface area contributed by atoms with Crippen molar-refractivity contribution in [3.05, 3.63) is 35.9 Å². The zero-order chi connectivity index (χ0) is 16.8. The highest BCUT2D eigenvalue weighted by molar-refractivity contribution is 5.81. The number of nitrogens with zero attached hydrogens (tertiary/aromatic N) is 2. The molecule has 1 aromatic rings. The highest BCUT2D eigenvalue weighted by Gasteiger charge is 2.28. The largest absolute Gasteiger partial charge is 0.393 e. The van der Waals surface area contributed by atoms with Gasteiger partial charge in [-0.3, -0.25) is 9.69 Å². The van der Waals surface area contributed by atoms with Crippen molar-refractivity contribution in [3.63, 3.8) is 0 Å². The molecule has 128 valence electrons. The Labute approximate surface area is 140 Å². The molecule has 0 radical (unpaired) electrons.